The van der Waals surface area contributed by atoms with E-state index in [1.165, 1.54) is 30.0 Å². The van der Waals surface area contributed by atoms with Crippen LogP contribution in [-0.4, -0.2) is 48.8 Å². The van der Waals surface area contributed by atoms with E-state index in [0.29, 0.717) is 35.2 Å². The lowest BCUT2D eigenvalue weighted by Gasteiger charge is -2.15. The molecule has 0 aromatic heterocycles. The van der Waals surface area contributed by atoms with Crippen molar-refractivity contribution in [3.8, 4) is 5.75 Å². The fourth-order valence-corrected chi connectivity index (χ4v) is 4.80. The number of anilines is 1. The van der Waals surface area contributed by atoms with Gasteiger partial charge in [-0.05, 0) is 66.2 Å². The molecule has 0 saturated carbocycles. The summed E-state index contributed by atoms with van der Waals surface area (Å²) in [6, 6.07) is 20.3. The van der Waals surface area contributed by atoms with E-state index in [9.17, 15) is 14.0 Å². The van der Waals surface area contributed by atoms with Crippen LogP contribution in [0.15, 0.2) is 82.7 Å². The molecule has 0 unspecified atom stereocenters. The molecule has 7 nitrogen and oxygen atoms in total. The molecule has 2 amide bonds. The molecular weight excluding hydrogens is 529 g/mol. The number of nitrogens with one attached hydrogen (secondary N) is 1. The fraction of sp³-hybridized carbons (Fsp3) is 0.179. The lowest BCUT2D eigenvalue weighted by molar-refractivity contribution is -0.122. The maximum atomic E-state index is 13.7. The molecule has 4 rings (SSSR count). The summed E-state index contributed by atoms with van der Waals surface area (Å²) in [6.07, 6.45) is 2.41. The highest BCUT2D eigenvalue weighted by molar-refractivity contribution is 8.18. The zero-order valence-corrected chi connectivity index (χ0v) is 22.1. The lowest BCUT2D eigenvalue weighted by Crippen LogP contribution is -2.30. The van der Waals surface area contributed by atoms with Crippen LogP contribution < -0.4 is 10.1 Å². The van der Waals surface area contributed by atoms with Crippen molar-refractivity contribution in [3.63, 3.8) is 0 Å². The second-order valence-corrected chi connectivity index (χ2v) is 9.57. The minimum atomic E-state index is -0.537. The van der Waals surface area contributed by atoms with Gasteiger partial charge in [-0.25, -0.2) is 9.38 Å². The molecule has 0 spiro atoms. The third-order valence-electron chi connectivity index (χ3n) is 5.36. The molecule has 1 aliphatic rings. The van der Waals surface area contributed by atoms with Gasteiger partial charge in [-0.3, -0.25) is 14.5 Å². The topological polar surface area (TPSA) is 80.2 Å². The van der Waals surface area contributed by atoms with Crippen LogP contribution in [0.4, 0.5) is 15.8 Å². The standard InChI is InChI=1S/C28H25ClFN3O4S/c1-36-15-7-14-33-27(35)25(38-28(33)31-20-8-3-2-4-9-20)17-19-12-13-24(21(29)16-19)37-18-26(34)32-23-11-6-5-10-22(23)30/h2-6,8-13,16-17H,7,14-15,18H2,1H3,(H,32,34)/b25-17-,31-28?. The Bertz CT molecular complexity index is 1370. The van der Waals surface area contributed by atoms with Gasteiger partial charge in [-0.2, -0.15) is 0 Å². The number of hydrogen-bond acceptors (Lipinski definition) is 6. The van der Waals surface area contributed by atoms with E-state index in [2.05, 4.69) is 10.3 Å². The van der Waals surface area contributed by atoms with Crippen LogP contribution in [0.3, 0.4) is 0 Å². The Kier molecular flexibility index (Phi) is 9.53. The Morgan fingerprint density at radius 2 is 1.89 bits per heavy atom. The largest absolute Gasteiger partial charge is 0.482 e. The van der Waals surface area contributed by atoms with Gasteiger partial charge in [0.25, 0.3) is 11.8 Å². The molecule has 3 aromatic rings. The summed E-state index contributed by atoms with van der Waals surface area (Å²) in [4.78, 5) is 32.2. The number of halogens is 2. The molecule has 3 aromatic carbocycles. The second kappa shape index (κ2) is 13.2. The maximum absolute atomic E-state index is 13.7. The number of carbonyl (C=O) groups excluding carboxylic acids is 2. The third-order valence-corrected chi connectivity index (χ3v) is 6.66. The summed E-state index contributed by atoms with van der Waals surface area (Å²) in [5, 5.41) is 3.31. The van der Waals surface area contributed by atoms with Crippen molar-refractivity contribution in [2.45, 2.75) is 6.42 Å². The summed E-state index contributed by atoms with van der Waals surface area (Å²) in [6.45, 7) is 0.658. The first-order chi connectivity index (χ1) is 18.4. The predicted molar refractivity (Wildman–Crippen MR) is 149 cm³/mol. The number of amides is 2. The molecular formula is C28H25ClFN3O4S. The van der Waals surface area contributed by atoms with Gasteiger partial charge in [-0.15, -0.1) is 0 Å². The Morgan fingerprint density at radius 3 is 2.63 bits per heavy atom. The number of aliphatic imine (C=N–C) groups is 1. The van der Waals surface area contributed by atoms with E-state index in [0.717, 1.165) is 5.69 Å². The minimum absolute atomic E-state index is 0.0688. The van der Waals surface area contributed by atoms with Gasteiger partial charge in [0.2, 0.25) is 0 Å². The lowest BCUT2D eigenvalue weighted by atomic mass is 10.2. The van der Waals surface area contributed by atoms with E-state index in [1.54, 1.807) is 42.4 Å². The molecule has 1 aliphatic heterocycles. The molecule has 0 bridgehead atoms. The molecule has 0 radical (unpaired) electrons. The van der Waals surface area contributed by atoms with Crippen molar-refractivity contribution < 1.29 is 23.5 Å². The highest BCUT2D eigenvalue weighted by atomic mass is 35.5. The molecule has 38 heavy (non-hydrogen) atoms. The van der Waals surface area contributed by atoms with E-state index in [1.807, 2.05) is 30.3 Å². The molecule has 1 heterocycles. The highest BCUT2D eigenvalue weighted by Gasteiger charge is 2.33. The van der Waals surface area contributed by atoms with E-state index >= 15 is 0 Å². The normalized spacial score (nSPS) is 15.3. The Labute approximate surface area is 229 Å². The maximum Gasteiger partial charge on any atom is 0.266 e. The van der Waals surface area contributed by atoms with Crippen LogP contribution in [0.2, 0.25) is 5.02 Å². The zero-order valence-electron chi connectivity index (χ0n) is 20.5. The van der Waals surface area contributed by atoms with Crippen molar-refractivity contribution >= 4 is 57.8 Å². The number of ether oxygens (including phenoxy) is 2. The Hall–Kier alpha value is -3.66. The van der Waals surface area contributed by atoms with Crippen LogP contribution in [0.1, 0.15) is 12.0 Å². The Balaban J connectivity index is 1.45. The number of thioether (sulfide) groups is 1. The van der Waals surface area contributed by atoms with Crippen LogP contribution in [0.5, 0.6) is 5.75 Å². The number of carbonyl (C=O) groups is 2. The van der Waals surface area contributed by atoms with Crippen molar-refractivity contribution in [1.82, 2.24) is 4.90 Å². The molecule has 1 N–H and O–H groups in total. The zero-order chi connectivity index (χ0) is 26.9. The SMILES string of the molecule is COCCCN1C(=O)/C(=C/c2ccc(OCC(=O)Nc3ccccc3F)c(Cl)c2)SC1=Nc1ccccc1. The predicted octanol–water partition coefficient (Wildman–Crippen LogP) is 6.14. The molecule has 1 fully saturated rings. The van der Waals surface area contributed by atoms with Gasteiger partial charge in [0, 0.05) is 20.3 Å². The van der Waals surface area contributed by atoms with Crippen LogP contribution in [0, 0.1) is 5.82 Å². The molecule has 1 saturated heterocycles. The monoisotopic (exact) mass is 553 g/mol. The van der Waals surface area contributed by atoms with Crippen LogP contribution >= 0.6 is 23.4 Å². The Morgan fingerprint density at radius 1 is 1.13 bits per heavy atom. The first-order valence-corrected chi connectivity index (χ1v) is 12.9. The quantitative estimate of drug-likeness (QED) is 0.241. The van der Waals surface area contributed by atoms with E-state index in [4.69, 9.17) is 21.1 Å². The average molecular weight is 554 g/mol. The van der Waals surface area contributed by atoms with Crippen molar-refractivity contribution in [1.29, 1.82) is 0 Å². The van der Waals surface area contributed by atoms with Gasteiger partial charge in [-0.1, -0.05) is 48.0 Å². The third kappa shape index (κ3) is 7.22. The molecule has 0 atom stereocenters. The number of nitrogens with zero attached hydrogens (tertiary/aromatic N) is 2. The highest BCUT2D eigenvalue weighted by Crippen LogP contribution is 2.35. The van der Waals surface area contributed by atoms with Gasteiger partial charge in [0.1, 0.15) is 11.6 Å². The van der Waals surface area contributed by atoms with Gasteiger partial charge in [0.15, 0.2) is 11.8 Å². The number of para-hydroxylation sites is 2. The fourth-order valence-electron chi connectivity index (χ4n) is 3.54. The molecule has 196 valence electrons. The number of rotatable bonds is 10. The summed E-state index contributed by atoms with van der Waals surface area (Å²) < 4.78 is 24.4. The summed E-state index contributed by atoms with van der Waals surface area (Å²) in [5.41, 5.74) is 1.51. The number of hydrogen-bond donors (Lipinski definition) is 1. The van der Waals surface area contributed by atoms with Crippen molar-refractivity contribution in [2.24, 2.45) is 4.99 Å². The first-order valence-electron chi connectivity index (χ1n) is 11.8. The smallest absolute Gasteiger partial charge is 0.266 e. The first kappa shape index (κ1) is 27.4. The number of methoxy groups -OCH3 is 1. The minimum Gasteiger partial charge on any atom is -0.482 e. The summed E-state index contributed by atoms with van der Waals surface area (Å²) >= 11 is 7.67. The summed E-state index contributed by atoms with van der Waals surface area (Å²) in [5.74, 6) is -0.925. The van der Waals surface area contributed by atoms with Gasteiger partial charge in [0.05, 0.1) is 21.3 Å². The second-order valence-electron chi connectivity index (χ2n) is 8.15. The van der Waals surface area contributed by atoms with Crippen molar-refractivity contribution in [3.05, 3.63) is 94.1 Å². The van der Waals surface area contributed by atoms with E-state index < -0.39 is 11.7 Å². The molecule has 0 aliphatic carbocycles. The van der Waals surface area contributed by atoms with Gasteiger partial charge < -0.3 is 14.8 Å². The van der Waals surface area contributed by atoms with Crippen molar-refractivity contribution in [2.75, 3.05) is 32.2 Å². The van der Waals surface area contributed by atoms with Crippen LogP contribution in [-0.2, 0) is 14.3 Å². The number of benzene rings is 3. The summed E-state index contributed by atoms with van der Waals surface area (Å²) in [7, 11) is 1.62. The van der Waals surface area contributed by atoms with E-state index in [-0.39, 0.29) is 29.0 Å². The van der Waals surface area contributed by atoms with Crippen LogP contribution in [0.25, 0.3) is 6.08 Å². The average Bonchev–Trinajstić information content (AvgIpc) is 3.19. The molecule has 10 heteroatoms. The van der Waals surface area contributed by atoms with Gasteiger partial charge >= 0.3 is 0 Å². The number of amidine groups is 1.